The van der Waals surface area contributed by atoms with Gasteiger partial charge in [-0.2, -0.15) is 5.10 Å². The Morgan fingerprint density at radius 3 is 2.85 bits per heavy atom. The third kappa shape index (κ3) is 1.40. The van der Waals surface area contributed by atoms with Crippen LogP contribution in [-0.2, 0) is 13.6 Å². The van der Waals surface area contributed by atoms with E-state index in [9.17, 15) is 0 Å². The molecule has 2 aromatic heterocycles. The summed E-state index contributed by atoms with van der Waals surface area (Å²) in [5, 5.41) is 15.1. The van der Waals surface area contributed by atoms with E-state index >= 15 is 0 Å². The Morgan fingerprint density at radius 2 is 2.31 bits per heavy atom. The first-order valence-electron chi connectivity index (χ1n) is 3.83. The van der Waals surface area contributed by atoms with Crippen LogP contribution < -0.4 is 0 Å². The number of aryl methyl sites for hydroxylation is 2. The highest BCUT2D eigenvalue weighted by atomic mass is 15.5. The minimum atomic E-state index is 0.551. The fourth-order valence-corrected chi connectivity index (χ4v) is 0.993. The van der Waals surface area contributed by atoms with E-state index in [2.05, 4.69) is 25.6 Å². The molecular formula is C6H9N7. The number of tetrazole rings is 1. The molecule has 0 N–H and O–H groups in total. The van der Waals surface area contributed by atoms with Crippen LogP contribution >= 0.6 is 0 Å². The summed E-state index contributed by atoms with van der Waals surface area (Å²) in [7, 11) is 1.84. The van der Waals surface area contributed by atoms with Crippen LogP contribution in [0.2, 0.25) is 0 Å². The lowest BCUT2D eigenvalue weighted by molar-refractivity contribution is 0.578. The van der Waals surface area contributed by atoms with Gasteiger partial charge in [-0.15, -0.1) is 5.10 Å². The van der Waals surface area contributed by atoms with E-state index in [-0.39, 0.29) is 0 Å². The van der Waals surface area contributed by atoms with Gasteiger partial charge in [0, 0.05) is 7.05 Å². The van der Waals surface area contributed by atoms with Gasteiger partial charge in [-0.25, -0.2) is 9.67 Å². The molecule has 0 saturated heterocycles. The second-order valence-electron chi connectivity index (χ2n) is 2.68. The summed E-state index contributed by atoms with van der Waals surface area (Å²) < 4.78 is 3.37. The van der Waals surface area contributed by atoms with Gasteiger partial charge in [-0.05, 0) is 17.4 Å². The predicted octanol–water partition coefficient (Wildman–Crippen LogP) is -0.842. The van der Waals surface area contributed by atoms with Crippen molar-refractivity contribution in [1.82, 2.24) is 35.0 Å². The summed E-state index contributed by atoms with van der Waals surface area (Å²) in [5.41, 5.74) is 0. The van der Waals surface area contributed by atoms with Gasteiger partial charge in [0.2, 0.25) is 0 Å². The molecule has 0 aliphatic rings. The van der Waals surface area contributed by atoms with Crippen molar-refractivity contribution in [3.8, 4) is 0 Å². The number of hydrogen-bond acceptors (Lipinski definition) is 5. The van der Waals surface area contributed by atoms with Crippen molar-refractivity contribution in [1.29, 1.82) is 0 Å². The Hall–Kier alpha value is -1.79. The number of nitrogens with zero attached hydrogens (tertiary/aromatic N) is 7. The van der Waals surface area contributed by atoms with Gasteiger partial charge >= 0.3 is 0 Å². The minimum Gasteiger partial charge on any atom is -0.251 e. The molecule has 0 spiro atoms. The summed E-state index contributed by atoms with van der Waals surface area (Å²) in [6, 6.07) is 0. The molecule has 0 radical (unpaired) electrons. The van der Waals surface area contributed by atoms with E-state index in [0.29, 0.717) is 6.54 Å². The predicted molar refractivity (Wildman–Crippen MR) is 42.7 cm³/mol. The summed E-state index contributed by atoms with van der Waals surface area (Å²) in [4.78, 5) is 4.07. The Labute approximate surface area is 74.4 Å². The van der Waals surface area contributed by atoms with Crippen LogP contribution in [-0.4, -0.2) is 35.0 Å². The number of rotatable bonds is 2. The zero-order chi connectivity index (χ0) is 9.26. The second-order valence-corrected chi connectivity index (χ2v) is 2.68. The van der Waals surface area contributed by atoms with E-state index in [4.69, 9.17) is 0 Å². The second kappa shape index (κ2) is 2.92. The van der Waals surface area contributed by atoms with Crippen LogP contribution in [0.3, 0.4) is 0 Å². The summed E-state index contributed by atoms with van der Waals surface area (Å²) in [6.07, 6.45) is 1.51. The van der Waals surface area contributed by atoms with Gasteiger partial charge < -0.3 is 0 Å². The van der Waals surface area contributed by atoms with Gasteiger partial charge in [0.25, 0.3) is 0 Å². The Kier molecular flexibility index (Phi) is 1.76. The maximum atomic E-state index is 4.07. The molecule has 0 aromatic carbocycles. The number of hydrogen-bond donors (Lipinski definition) is 0. The van der Waals surface area contributed by atoms with Gasteiger partial charge in [-0.1, -0.05) is 0 Å². The zero-order valence-corrected chi connectivity index (χ0v) is 7.41. The lowest BCUT2D eigenvalue weighted by atomic mass is 10.5. The summed E-state index contributed by atoms with van der Waals surface area (Å²) in [5.74, 6) is 1.60. The van der Waals surface area contributed by atoms with Crippen molar-refractivity contribution in [2.75, 3.05) is 0 Å². The molecule has 2 heterocycles. The molecule has 0 atom stereocenters. The third-order valence-electron chi connectivity index (χ3n) is 1.81. The largest absolute Gasteiger partial charge is 0.251 e. The van der Waals surface area contributed by atoms with Crippen LogP contribution in [0.15, 0.2) is 6.33 Å². The highest BCUT2D eigenvalue weighted by molar-refractivity contribution is 4.86. The summed E-state index contributed by atoms with van der Waals surface area (Å²) >= 11 is 0. The van der Waals surface area contributed by atoms with E-state index in [0.717, 1.165) is 11.6 Å². The molecular weight excluding hydrogens is 170 g/mol. The fourth-order valence-electron chi connectivity index (χ4n) is 0.993. The van der Waals surface area contributed by atoms with Crippen molar-refractivity contribution < 1.29 is 0 Å². The van der Waals surface area contributed by atoms with Gasteiger partial charge in [-0.3, -0.25) is 4.68 Å². The SMILES string of the molecule is Cc1nnnn1Cc1ncnn1C. The molecule has 7 heteroatoms. The molecule has 0 bridgehead atoms. The van der Waals surface area contributed by atoms with Gasteiger partial charge in [0.15, 0.2) is 0 Å². The third-order valence-corrected chi connectivity index (χ3v) is 1.81. The Bertz CT molecular complexity index is 362. The van der Waals surface area contributed by atoms with E-state index < -0.39 is 0 Å². The molecule has 0 saturated carbocycles. The first kappa shape index (κ1) is 7.84. The van der Waals surface area contributed by atoms with E-state index in [1.165, 1.54) is 6.33 Å². The molecule has 7 nitrogen and oxygen atoms in total. The molecule has 0 fully saturated rings. The normalized spacial score (nSPS) is 10.6. The van der Waals surface area contributed by atoms with Gasteiger partial charge in [0.05, 0.1) is 0 Å². The highest BCUT2D eigenvalue weighted by Gasteiger charge is 2.05. The lowest BCUT2D eigenvalue weighted by Crippen LogP contribution is -2.09. The van der Waals surface area contributed by atoms with E-state index in [1.807, 2.05) is 14.0 Å². The van der Waals surface area contributed by atoms with E-state index in [1.54, 1.807) is 9.36 Å². The van der Waals surface area contributed by atoms with Crippen LogP contribution in [0, 0.1) is 6.92 Å². The molecule has 0 amide bonds. The van der Waals surface area contributed by atoms with Crippen LogP contribution in [0.4, 0.5) is 0 Å². The molecule has 68 valence electrons. The maximum Gasteiger partial charge on any atom is 0.148 e. The van der Waals surface area contributed by atoms with Crippen LogP contribution in [0.5, 0.6) is 0 Å². The van der Waals surface area contributed by atoms with Crippen molar-refractivity contribution in [3.05, 3.63) is 18.0 Å². The molecule has 0 aliphatic heterocycles. The fraction of sp³-hybridized carbons (Fsp3) is 0.500. The molecule has 0 unspecified atom stereocenters. The standard InChI is InChI=1S/C6H9N7/c1-5-9-10-11-13(5)3-6-7-4-8-12(6)2/h4H,3H2,1-2H3. The smallest absolute Gasteiger partial charge is 0.148 e. The average molecular weight is 179 g/mol. The highest BCUT2D eigenvalue weighted by Crippen LogP contribution is 1.96. The molecule has 2 rings (SSSR count). The Balaban J connectivity index is 2.24. The molecule has 13 heavy (non-hydrogen) atoms. The lowest BCUT2D eigenvalue weighted by Gasteiger charge is -1.99. The zero-order valence-electron chi connectivity index (χ0n) is 7.41. The van der Waals surface area contributed by atoms with Gasteiger partial charge in [0.1, 0.15) is 24.5 Å². The van der Waals surface area contributed by atoms with Crippen LogP contribution in [0.1, 0.15) is 11.6 Å². The number of aromatic nitrogens is 7. The topological polar surface area (TPSA) is 74.3 Å². The molecule has 0 aliphatic carbocycles. The van der Waals surface area contributed by atoms with Crippen molar-refractivity contribution in [3.63, 3.8) is 0 Å². The maximum absolute atomic E-state index is 4.07. The monoisotopic (exact) mass is 179 g/mol. The van der Waals surface area contributed by atoms with Crippen molar-refractivity contribution in [2.45, 2.75) is 13.5 Å². The average Bonchev–Trinajstić information content (AvgIpc) is 2.65. The Morgan fingerprint density at radius 1 is 1.46 bits per heavy atom. The van der Waals surface area contributed by atoms with Crippen molar-refractivity contribution in [2.24, 2.45) is 7.05 Å². The minimum absolute atomic E-state index is 0.551. The quantitative estimate of drug-likeness (QED) is 0.600. The summed E-state index contributed by atoms with van der Waals surface area (Å²) in [6.45, 7) is 2.39. The molecule has 2 aromatic rings. The van der Waals surface area contributed by atoms with Crippen LogP contribution in [0.25, 0.3) is 0 Å². The first-order chi connectivity index (χ1) is 6.27. The van der Waals surface area contributed by atoms with Crippen molar-refractivity contribution >= 4 is 0 Å². The first-order valence-corrected chi connectivity index (χ1v) is 3.83.